The van der Waals surface area contributed by atoms with E-state index < -0.39 is 0 Å². The molecule has 0 radical (unpaired) electrons. The number of benzene rings is 1. The number of quaternary nitrogens is 1. The topological polar surface area (TPSA) is 0 Å². The first-order valence-electron chi connectivity index (χ1n) is 6.89. The Kier molecular flexibility index (Phi) is 3.44. The zero-order valence-corrected chi connectivity index (χ0v) is 11.3. The summed E-state index contributed by atoms with van der Waals surface area (Å²) in [6, 6.07) is 10.8. The van der Waals surface area contributed by atoms with Crippen molar-refractivity contribution in [3.05, 3.63) is 30.3 Å². The van der Waals surface area contributed by atoms with Gasteiger partial charge in [-0.1, -0.05) is 18.2 Å². The average molecular weight is 248 g/mol. The molecule has 0 N–H and O–H groups in total. The largest absolute Gasteiger partial charge is 0.323 e. The van der Waals surface area contributed by atoms with Gasteiger partial charge in [-0.2, -0.15) is 0 Å². The Balaban J connectivity index is 1.51. The maximum Gasteiger partial charge on any atom is 0.0882 e. The Morgan fingerprint density at radius 2 is 1.65 bits per heavy atom. The van der Waals surface area contributed by atoms with Crippen LogP contribution in [0.15, 0.2) is 35.2 Å². The summed E-state index contributed by atoms with van der Waals surface area (Å²) in [6.07, 6.45) is 4.49. The Bertz CT molecular complexity index is 341. The van der Waals surface area contributed by atoms with Crippen molar-refractivity contribution in [1.29, 1.82) is 0 Å². The molecule has 0 amide bonds. The molecule has 0 aliphatic carbocycles. The number of hydrogen-bond acceptors (Lipinski definition) is 1. The van der Waals surface area contributed by atoms with Crippen molar-refractivity contribution in [2.45, 2.75) is 24.2 Å². The Morgan fingerprint density at radius 1 is 1.00 bits per heavy atom. The molecule has 92 valence electrons. The number of fused-ring (bicyclic) bond motifs is 3. The van der Waals surface area contributed by atoms with Crippen LogP contribution < -0.4 is 0 Å². The molecule has 0 aromatic heterocycles. The van der Waals surface area contributed by atoms with Gasteiger partial charge in [0.2, 0.25) is 0 Å². The van der Waals surface area contributed by atoms with E-state index in [2.05, 4.69) is 30.3 Å². The zero-order chi connectivity index (χ0) is 11.6. The highest BCUT2D eigenvalue weighted by atomic mass is 32.2. The van der Waals surface area contributed by atoms with E-state index in [1.54, 1.807) is 0 Å². The summed E-state index contributed by atoms with van der Waals surface area (Å²) in [7, 11) is 0. The van der Waals surface area contributed by atoms with Crippen molar-refractivity contribution in [2.24, 2.45) is 5.92 Å². The standard InChI is InChI=1S/C15H22NS/c1-2-4-15(5-3-1)17-13-12-16-9-6-14(7-10-16)8-11-16/h1-5,14H,6-13H2/q+1. The van der Waals surface area contributed by atoms with Crippen molar-refractivity contribution in [2.75, 3.05) is 31.9 Å². The number of nitrogens with zero attached hydrogens (tertiary/aromatic N) is 1. The molecule has 3 heterocycles. The van der Waals surface area contributed by atoms with Crippen molar-refractivity contribution in [1.82, 2.24) is 0 Å². The smallest absolute Gasteiger partial charge is 0.0882 e. The molecule has 1 aromatic carbocycles. The van der Waals surface area contributed by atoms with E-state index in [4.69, 9.17) is 0 Å². The number of hydrogen-bond donors (Lipinski definition) is 0. The summed E-state index contributed by atoms with van der Waals surface area (Å²) < 4.78 is 1.43. The van der Waals surface area contributed by atoms with Crippen molar-refractivity contribution >= 4 is 11.8 Å². The monoisotopic (exact) mass is 248 g/mol. The predicted octanol–water partition coefficient (Wildman–Crippen LogP) is 3.41. The molecule has 3 aliphatic rings. The SMILES string of the molecule is c1ccc(SCC[N+]23CCC(CC2)CC3)cc1. The van der Waals surface area contributed by atoms with E-state index >= 15 is 0 Å². The average Bonchev–Trinajstić information content (AvgIpc) is 2.42. The molecular weight excluding hydrogens is 226 g/mol. The molecule has 2 heteroatoms. The molecule has 3 fully saturated rings. The quantitative estimate of drug-likeness (QED) is 0.581. The van der Waals surface area contributed by atoms with Crippen LogP contribution in [-0.2, 0) is 0 Å². The second-order valence-corrected chi connectivity index (χ2v) is 6.80. The van der Waals surface area contributed by atoms with Crippen molar-refractivity contribution < 1.29 is 4.48 Å². The van der Waals surface area contributed by atoms with Gasteiger partial charge < -0.3 is 4.48 Å². The Morgan fingerprint density at radius 3 is 2.29 bits per heavy atom. The number of thioether (sulfide) groups is 1. The van der Waals surface area contributed by atoms with Crippen LogP contribution in [0, 0.1) is 5.92 Å². The number of piperidine rings is 3. The first-order chi connectivity index (χ1) is 8.36. The maximum atomic E-state index is 2.23. The van der Waals surface area contributed by atoms with Crippen LogP contribution in [0.4, 0.5) is 0 Å². The van der Waals surface area contributed by atoms with Gasteiger partial charge in [-0.05, 0) is 37.3 Å². The highest BCUT2D eigenvalue weighted by molar-refractivity contribution is 7.99. The highest BCUT2D eigenvalue weighted by Crippen LogP contribution is 2.34. The van der Waals surface area contributed by atoms with Gasteiger partial charge in [-0.25, -0.2) is 0 Å². The van der Waals surface area contributed by atoms with Crippen molar-refractivity contribution in [3.63, 3.8) is 0 Å². The van der Waals surface area contributed by atoms with Gasteiger partial charge in [0.05, 0.1) is 26.2 Å². The van der Waals surface area contributed by atoms with Crippen LogP contribution in [0.25, 0.3) is 0 Å². The van der Waals surface area contributed by atoms with Gasteiger partial charge in [-0.15, -0.1) is 11.8 Å². The van der Waals surface area contributed by atoms with Crippen LogP contribution in [0.1, 0.15) is 19.3 Å². The van der Waals surface area contributed by atoms with Gasteiger partial charge in [0.1, 0.15) is 0 Å². The third kappa shape index (κ3) is 2.69. The van der Waals surface area contributed by atoms with Crippen LogP contribution in [0.2, 0.25) is 0 Å². The summed E-state index contributed by atoms with van der Waals surface area (Å²) in [5, 5.41) is 0. The summed E-state index contributed by atoms with van der Waals surface area (Å²) >= 11 is 2.03. The highest BCUT2D eigenvalue weighted by Gasteiger charge is 2.38. The van der Waals surface area contributed by atoms with E-state index in [0.717, 1.165) is 5.92 Å². The fourth-order valence-corrected chi connectivity index (χ4v) is 4.41. The van der Waals surface area contributed by atoms with E-state index in [0.29, 0.717) is 0 Å². The van der Waals surface area contributed by atoms with Gasteiger partial charge in [0.25, 0.3) is 0 Å². The molecule has 1 nitrogen and oxygen atoms in total. The lowest BCUT2D eigenvalue weighted by atomic mass is 9.86. The second kappa shape index (κ2) is 5.03. The molecule has 2 bridgehead atoms. The molecule has 3 aliphatic heterocycles. The summed E-state index contributed by atoms with van der Waals surface area (Å²) in [4.78, 5) is 1.43. The fraction of sp³-hybridized carbons (Fsp3) is 0.600. The molecule has 0 spiro atoms. The van der Waals surface area contributed by atoms with E-state index in [1.807, 2.05) is 11.8 Å². The van der Waals surface area contributed by atoms with Crippen LogP contribution in [0.5, 0.6) is 0 Å². The zero-order valence-electron chi connectivity index (χ0n) is 10.5. The number of rotatable bonds is 4. The van der Waals surface area contributed by atoms with E-state index in [9.17, 15) is 0 Å². The minimum absolute atomic E-state index is 1.08. The molecule has 17 heavy (non-hydrogen) atoms. The normalized spacial score (nSPS) is 31.6. The van der Waals surface area contributed by atoms with Crippen LogP contribution in [-0.4, -0.2) is 36.4 Å². The lowest BCUT2D eigenvalue weighted by molar-refractivity contribution is -0.940. The predicted molar refractivity (Wildman–Crippen MR) is 74.2 cm³/mol. The molecule has 0 atom stereocenters. The van der Waals surface area contributed by atoms with Gasteiger partial charge in [0, 0.05) is 10.6 Å². The lowest BCUT2D eigenvalue weighted by Gasteiger charge is -2.49. The molecule has 0 unspecified atom stereocenters. The fourth-order valence-electron chi connectivity index (χ4n) is 3.35. The minimum atomic E-state index is 1.08. The minimum Gasteiger partial charge on any atom is -0.323 e. The molecular formula is C15H22NS+. The second-order valence-electron chi connectivity index (χ2n) is 5.63. The third-order valence-electron chi connectivity index (χ3n) is 4.61. The Hall–Kier alpha value is -0.470. The first-order valence-corrected chi connectivity index (χ1v) is 7.88. The van der Waals surface area contributed by atoms with Gasteiger partial charge >= 0.3 is 0 Å². The van der Waals surface area contributed by atoms with Gasteiger partial charge in [-0.3, -0.25) is 0 Å². The first kappa shape index (κ1) is 11.6. The summed E-state index contributed by atoms with van der Waals surface area (Å²) in [5.41, 5.74) is 0. The van der Waals surface area contributed by atoms with Crippen molar-refractivity contribution in [3.8, 4) is 0 Å². The van der Waals surface area contributed by atoms with Crippen LogP contribution in [0.3, 0.4) is 0 Å². The third-order valence-corrected chi connectivity index (χ3v) is 5.60. The Labute approximate surface area is 109 Å². The van der Waals surface area contributed by atoms with Crippen LogP contribution >= 0.6 is 11.8 Å². The molecule has 1 aromatic rings. The lowest BCUT2D eigenvalue weighted by Crippen LogP contribution is -2.59. The molecule has 3 saturated heterocycles. The van der Waals surface area contributed by atoms with E-state index in [1.165, 1.54) is 60.6 Å². The molecule has 0 saturated carbocycles. The summed E-state index contributed by atoms with van der Waals surface area (Å²) in [6.45, 7) is 5.76. The maximum absolute atomic E-state index is 2.23. The summed E-state index contributed by atoms with van der Waals surface area (Å²) in [5.74, 6) is 2.37. The molecule has 4 rings (SSSR count). The van der Waals surface area contributed by atoms with E-state index in [-0.39, 0.29) is 0 Å². The van der Waals surface area contributed by atoms with Gasteiger partial charge in [0.15, 0.2) is 0 Å².